The first-order valence-electron chi connectivity index (χ1n) is 6.58. The largest absolute Gasteiger partial charge is 0.361 e. The summed E-state index contributed by atoms with van der Waals surface area (Å²) in [5.41, 5.74) is 11.2. The molecule has 0 radical (unpaired) electrons. The number of hydrogen-bond acceptors (Lipinski definition) is 1. The van der Waals surface area contributed by atoms with Crippen LogP contribution in [-0.4, -0.2) is 9.55 Å². The lowest BCUT2D eigenvalue weighted by Gasteiger charge is -2.09. The van der Waals surface area contributed by atoms with Crippen molar-refractivity contribution in [1.29, 1.82) is 0 Å². The topological polar surface area (TPSA) is 46.7 Å². The van der Waals surface area contributed by atoms with Crippen molar-refractivity contribution >= 4 is 10.9 Å². The number of H-pyrrole nitrogens is 1. The molecule has 0 aliphatic carbocycles. The molecule has 0 amide bonds. The Labute approximate surface area is 113 Å². The fraction of sp³-hybridized carbons (Fsp3) is 0.250. The smallest absolute Gasteiger partial charge is 0.0456 e. The van der Waals surface area contributed by atoms with Crippen LogP contribution in [0.1, 0.15) is 22.9 Å². The van der Waals surface area contributed by atoms with Gasteiger partial charge in [0.05, 0.1) is 0 Å². The predicted octanol–water partition coefficient (Wildman–Crippen LogP) is 3.06. The maximum Gasteiger partial charge on any atom is 0.0456 e. The van der Waals surface area contributed by atoms with E-state index in [0.29, 0.717) is 0 Å². The number of hydrogen-bond donors (Lipinski definition) is 2. The zero-order valence-electron chi connectivity index (χ0n) is 11.4. The summed E-state index contributed by atoms with van der Waals surface area (Å²) < 4.78 is 2.12. The zero-order valence-corrected chi connectivity index (χ0v) is 11.4. The number of nitrogens with zero attached hydrogens (tertiary/aromatic N) is 1. The molecule has 2 aromatic heterocycles. The molecule has 3 nitrogen and oxygen atoms in total. The van der Waals surface area contributed by atoms with Crippen molar-refractivity contribution in [2.45, 2.75) is 19.4 Å². The third-order valence-electron chi connectivity index (χ3n) is 3.82. The van der Waals surface area contributed by atoms with Crippen molar-refractivity contribution in [2.24, 2.45) is 12.8 Å². The predicted molar refractivity (Wildman–Crippen MR) is 79.1 cm³/mol. The van der Waals surface area contributed by atoms with Gasteiger partial charge in [0.15, 0.2) is 0 Å². The monoisotopic (exact) mass is 253 g/mol. The summed E-state index contributed by atoms with van der Waals surface area (Å²) >= 11 is 0. The van der Waals surface area contributed by atoms with Crippen molar-refractivity contribution in [2.75, 3.05) is 0 Å². The summed E-state index contributed by atoms with van der Waals surface area (Å²) in [5.74, 6) is 0. The number of aromatic amines is 1. The molecule has 19 heavy (non-hydrogen) atoms. The number of aromatic nitrogens is 2. The summed E-state index contributed by atoms with van der Waals surface area (Å²) in [6.07, 6.45) is 5.04. The minimum atomic E-state index is 0.0408. The molecule has 1 atom stereocenters. The third kappa shape index (κ3) is 2.17. The number of aryl methyl sites for hydroxylation is 2. The lowest BCUT2D eigenvalue weighted by Crippen LogP contribution is -2.12. The number of para-hydroxylation sites is 1. The third-order valence-corrected chi connectivity index (χ3v) is 3.82. The maximum absolute atomic E-state index is 6.33. The van der Waals surface area contributed by atoms with Crippen molar-refractivity contribution < 1.29 is 0 Å². The van der Waals surface area contributed by atoms with E-state index in [1.165, 1.54) is 27.7 Å². The van der Waals surface area contributed by atoms with Gasteiger partial charge in [0.1, 0.15) is 0 Å². The van der Waals surface area contributed by atoms with E-state index in [4.69, 9.17) is 5.73 Å². The van der Waals surface area contributed by atoms with Gasteiger partial charge in [0.2, 0.25) is 0 Å². The second kappa shape index (κ2) is 4.59. The summed E-state index contributed by atoms with van der Waals surface area (Å²) in [6.45, 7) is 2.10. The van der Waals surface area contributed by atoms with E-state index >= 15 is 0 Å². The van der Waals surface area contributed by atoms with Gasteiger partial charge in [-0.3, -0.25) is 0 Å². The van der Waals surface area contributed by atoms with E-state index in [1.54, 1.807) is 0 Å². The Morgan fingerprint density at radius 3 is 2.84 bits per heavy atom. The minimum Gasteiger partial charge on any atom is -0.361 e. The van der Waals surface area contributed by atoms with E-state index in [2.05, 4.69) is 60.2 Å². The number of nitrogens with one attached hydrogen (secondary N) is 1. The van der Waals surface area contributed by atoms with E-state index in [0.717, 1.165) is 6.42 Å². The van der Waals surface area contributed by atoms with Crippen molar-refractivity contribution in [3.8, 4) is 0 Å². The first kappa shape index (κ1) is 12.1. The summed E-state index contributed by atoms with van der Waals surface area (Å²) in [7, 11) is 2.05. The highest BCUT2D eigenvalue weighted by Crippen LogP contribution is 2.23. The molecule has 2 heterocycles. The SMILES string of the molecule is Cc1cc(C(N)Cc2c[nH]c3ccccc23)cn1C. The molecule has 0 saturated heterocycles. The summed E-state index contributed by atoms with van der Waals surface area (Å²) in [6, 6.07) is 10.6. The van der Waals surface area contributed by atoms with Gasteiger partial charge in [0, 0.05) is 42.1 Å². The molecule has 3 aromatic rings. The van der Waals surface area contributed by atoms with Crippen LogP contribution in [0.5, 0.6) is 0 Å². The highest BCUT2D eigenvalue weighted by molar-refractivity contribution is 5.83. The molecule has 0 aliphatic heterocycles. The van der Waals surface area contributed by atoms with Gasteiger partial charge in [0.25, 0.3) is 0 Å². The Bertz CT molecular complexity index is 686. The van der Waals surface area contributed by atoms with Gasteiger partial charge in [-0.1, -0.05) is 18.2 Å². The normalized spacial score (nSPS) is 13.0. The van der Waals surface area contributed by atoms with Crippen LogP contribution in [0.4, 0.5) is 0 Å². The lowest BCUT2D eigenvalue weighted by atomic mass is 10.0. The van der Waals surface area contributed by atoms with E-state index in [9.17, 15) is 0 Å². The van der Waals surface area contributed by atoms with Crippen molar-refractivity contribution in [1.82, 2.24) is 9.55 Å². The van der Waals surface area contributed by atoms with Crippen LogP contribution in [0.15, 0.2) is 42.7 Å². The van der Waals surface area contributed by atoms with Crippen LogP contribution in [0.25, 0.3) is 10.9 Å². The van der Waals surface area contributed by atoms with Crippen LogP contribution < -0.4 is 5.73 Å². The van der Waals surface area contributed by atoms with Gasteiger partial charge in [-0.2, -0.15) is 0 Å². The number of fused-ring (bicyclic) bond motifs is 1. The Kier molecular flexibility index (Phi) is 2.91. The Hall–Kier alpha value is -2.00. The first-order valence-corrected chi connectivity index (χ1v) is 6.58. The van der Waals surface area contributed by atoms with Crippen LogP contribution in [-0.2, 0) is 13.5 Å². The molecule has 98 valence electrons. The summed E-state index contributed by atoms with van der Waals surface area (Å²) in [4.78, 5) is 3.30. The molecule has 1 unspecified atom stereocenters. The molecule has 0 saturated carbocycles. The first-order chi connectivity index (χ1) is 9.15. The highest BCUT2D eigenvalue weighted by Gasteiger charge is 2.12. The molecule has 3 heteroatoms. The molecular formula is C16H19N3. The van der Waals surface area contributed by atoms with Crippen LogP contribution in [0.3, 0.4) is 0 Å². The van der Waals surface area contributed by atoms with Gasteiger partial charge in [-0.25, -0.2) is 0 Å². The van der Waals surface area contributed by atoms with Crippen molar-refractivity contribution in [3.05, 3.63) is 59.5 Å². The number of rotatable bonds is 3. The summed E-state index contributed by atoms with van der Waals surface area (Å²) in [5, 5.41) is 1.27. The Morgan fingerprint density at radius 1 is 1.32 bits per heavy atom. The fourth-order valence-corrected chi connectivity index (χ4v) is 2.56. The van der Waals surface area contributed by atoms with Gasteiger partial charge in [-0.15, -0.1) is 0 Å². The number of nitrogens with two attached hydrogens (primary N) is 1. The molecule has 0 spiro atoms. The van der Waals surface area contributed by atoms with Crippen LogP contribution in [0, 0.1) is 6.92 Å². The van der Waals surface area contributed by atoms with Crippen molar-refractivity contribution in [3.63, 3.8) is 0 Å². The average molecular weight is 253 g/mol. The lowest BCUT2D eigenvalue weighted by molar-refractivity contribution is 0.722. The molecule has 1 aromatic carbocycles. The minimum absolute atomic E-state index is 0.0408. The molecule has 0 aliphatic rings. The van der Waals surface area contributed by atoms with Crippen LogP contribution in [0.2, 0.25) is 0 Å². The second-order valence-corrected chi connectivity index (χ2v) is 5.20. The molecule has 0 bridgehead atoms. The second-order valence-electron chi connectivity index (χ2n) is 5.20. The Morgan fingerprint density at radius 2 is 2.11 bits per heavy atom. The molecule has 3 rings (SSSR count). The van der Waals surface area contributed by atoms with E-state index in [-0.39, 0.29) is 6.04 Å². The highest BCUT2D eigenvalue weighted by atomic mass is 14.9. The average Bonchev–Trinajstić information content (AvgIpc) is 2.95. The number of benzene rings is 1. The van der Waals surface area contributed by atoms with Gasteiger partial charge >= 0.3 is 0 Å². The quantitative estimate of drug-likeness (QED) is 0.740. The maximum atomic E-state index is 6.33. The molecular weight excluding hydrogens is 234 g/mol. The van der Waals surface area contributed by atoms with E-state index in [1.807, 2.05) is 6.07 Å². The van der Waals surface area contributed by atoms with Crippen LogP contribution >= 0.6 is 0 Å². The molecule has 0 fully saturated rings. The van der Waals surface area contributed by atoms with E-state index < -0.39 is 0 Å². The molecule has 3 N–H and O–H groups in total. The zero-order chi connectivity index (χ0) is 13.4. The standard InChI is InChI=1S/C16H19N3/c1-11-7-13(10-19(11)2)15(17)8-12-9-18-16-6-4-3-5-14(12)16/h3-7,9-10,15,18H,8,17H2,1-2H3. The van der Waals surface area contributed by atoms with Gasteiger partial charge in [-0.05, 0) is 36.6 Å². The fourth-order valence-electron chi connectivity index (χ4n) is 2.56. The van der Waals surface area contributed by atoms with Gasteiger partial charge < -0.3 is 15.3 Å². The Balaban J connectivity index is 1.88.